The molecule has 37 heavy (non-hydrogen) atoms. The fourth-order valence-corrected chi connectivity index (χ4v) is 5.28. The Morgan fingerprint density at radius 1 is 0.946 bits per heavy atom. The largest absolute Gasteiger partial charge is 0.507 e. The van der Waals surface area contributed by atoms with Gasteiger partial charge in [0.05, 0.1) is 3.57 Å². The molecule has 0 saturated carbocycles. The summed E-state index contributed by atoms with van der Waals surface area (Å²) in [6.45, 7) is 8.77. The Bertz CT molecular complexity index is 1130. The number of amides is 1. The molecule has 1 atom stereocenters. The second-order valence-corrected chi connectivity index (χ2v) is 11.5. The molecule has 0 aliphatic rings. The topological polar surface area (TPSA) is 52.6 Å². The van der Waals surface area contributed by atoms with Crippen molar-refractivity contribution in [1.29, 1.82) is 0 Å². The number of carbonyl (C=O) groups excluding carboxylic acids is 1. The quantitative estimate of drug-likeness (QED) is 0.190. The van der Waals surface area contributed by atoms with Crippen LogP contribution in [0.5, 0.6) is 5.75 Å². The van der Waals surface area contributed by atoms with Crippen LogP contribution in [0.2, 0.25) is 0 Å². The van der Waals surface area contributed by atoms with Crippen LogP contribution in [0.1, 0.15) is 70.9 Å². The van der Waals surface area contributed by atoms with E-state index in [2.05, 4.69) is 61.7 Å². The lowest BCUT2D eigenvalue weighted by atomic mass is 10.00. The number of benzene rings is 3. The highest BCUT2D eigenvalue weighted by Gasteiger charge is 2.22. The molecule has 0 spiro atoms. The van der Waals surface area contributed by atoms with Crippen molar-refractivity contribution < 1.29 is 9.90 Å². The van der Waals surface area contributed by atoms with Crippen LogP contribution in [-0.2, 0) is 17.6 Å². The van der Waals surface area contributed by atoms with Crippen LogP contribution in [0.25, 0.3) is 0 Å². The minimum absolute atomic E-state index is 0.114. The molecule has 0 saturated heterocycles. The molecule has 0 aliphatic heterocycles. The van der Waals surface area contributed by atoms with Gasteiger partial charge in [-0.1, -0.05) is 51.5 Å². The van der Waals surface area contributed by atoms with E-state index in [1.807, 2.05) is 65.6 Å². The number of nitrogens with zero attached hydrogens (tertiary/aromatic N) is 1. The lowest BCUT2D eigenvalue weighted by Gasteiger charge is -2.30. The fraction of sp³-hybridized carbons (Fsp3) is 0.406. The van der Waals surface area contributed by atoms with E-state index in [-0.39, 0.29) is 11.9 Å². The van der Waals surface area contributed by atoms with Crippen LogP contribution in [0.4, 0.5) is 17.1 Å². The first-order valence-electron chi connectivity index (χ1n) is 13.5. The van der Waals surface area contributed by atoms with Crippen molar-refractivity contribution in [2.75, 3.05) is 10.2 Å². The molecule has 3 rings (SSSR count). The number of rotatable bonds is 13. The van der Waals surface area contributed by atoms with E-state index in [1.54, 1.807) is 0 Å². The summed E-state index contributed by atoms with van der Waals surface area (Å²) in [7, 11) is 0. The Hall–Kier alpha value is -2.54. The standard InChI is InChI=1S/C32H41IN2O2/c1-5-6-10-26-21-25(22-30(33)32(26)37)15-20-31(36)35(24(4)14-13-23(2)3)29-18-16-28(17-19-29)34-27-11-8-7-9-12-27/h7-9,11-12,16-19,21-24,34,37H,5-6,10,13-15,20H2,1-4H3. The third-order valence-corrected chi connectivity index (χ3v) is 7.53. The van der Waals surface area contributed by atoms with Gasteiger partial charge in [0.15, 0.2) is 0 Å². The molecule has 0 heterocycles. The summed E-state index contributed by atoms with van der Waals surface area (Å²) in [6, 6.07) is 22.5. The summed E-state index contributed by atoms with van der Waals surface area (Å²) in [5.74, 6) is 1.12. The Labute approximate surface area is 236 Å². The summed E-state index contributed by atoms with van der Waals surface area (Å²) in [5.41, 5.74) is 5.06. The maximum atomic E-state index is 13.6. The number of phenols is 1. The van der Waals surface area contributed by atoms with Crippen molar-refractivity contribution >= 4 is 45.6 Å². The highest BCUT2D eigenvalue weighted by Crippen LogP contribution is 2.29. The number of para-hydroxylation sites is 1. The predicted octanol–water partition coefficient (Wildman–Crippen LogP) is 8.87. The molecule has 0 radical (unpaired) electrons. The molecule has 0 fully saturated rings. The van der Waals surface area contributed by atoms with Crippen LogP contribution < -0.4 is 10.2 Å². The van der Waals surface area contributed by atoms with Crippen LogP contribution in [0.15, 0.2) is 66.7 Å². The van der Waals surface area contributed by atoms with Gasteiger partial charge in [0.2, 0.25) is 5.91 Å². The van der Waals surface area contributed by atoms with E-state index in [0.717, 1.165) is 63.9 Å². The molecular formula is C32H41IN2O2. The Kier molecular flexibility index (Phi) is 11.3. The van der Waals surface area contributed by atoms with Crippen LogP contribution >= 0.6 is 22.6 Å². The van der Waals surface area contributed by atoms with E-state index in [4.69, 9.17) is 0 Å². The molecule has 1 unspecified atom stereocenters. The molecule has 4 nitrogen and oxygen atoms in total. The van der Waals surface area contributed by atoms with Crippen molar-refractivity contribution in [3.63, 3.8) is 0 Å². The first kappa shape index (κ1) is 29.0. The zero-order chi connectivity index (χ0) is 26.8. The Morgan fingerprint density at radius 3 is 2.27 bits per heavy atom. The first-order valence-corrected chi connectivity index (χ1v) is 14.6. The van der Waals surface area contributed by atoms with Crippen molar-refractivity contribution in [3.8, 4) is 5.75 Å². The number of aryl methyl sites for hydroxylation is 2. The lowest BCUT2D eigenvalue weighted by Crippen LogP contribution is -2.39. The van der Waals surface area contributed by atoms with Crippen molar-refractivity contribution in [3.05, 3.63) is 81.4 Å². The van der Waals surface area contributed by atoms with E-state index in [9.17, 15) is 9.90 Å². The van der Waals surface area contributed by atoms with Gasteiger partial charge in [-0.2, -0.15) is 0 Å². The van der Waals surface area contributed by atoms with Crippen molar-refractivity contribution in [2.45, 2.75) is 78.7 Å². The second kappa shape index (κ2) is 14.4. The van der Waals surface area contributed by atoms with Crippen LogP contribution in [-0.4, -0.2) is 17.1 Å². The van der Waals surface area contributed by atoms with Gasteiger partial charge in [-0.25, -0.2) is 0 Å². The number of nitrogens with one attached hydrogen (secondary N) is 1. The zero-order valence-electron chi connectivity index (χ0n) is 22.6. The van der Waals surface area contributed by atoms with E-state index < -0.39 is 0 Å². The van der Waals surface area contributed by atoms with Crippen LogP contribution in [0, 0.1) is 9.49 Å². The predicted molar refractivity (Wildman–Crippen MR) is 165 cm³/mol. The SMILES string of the molecule is CCCCc1cc(CCC(=O)N(c2ccc(Nc3ccccc3)cc2)C(C)CCC(C)C)cc(I)c1O. The first-order chi connectivity index (χ1) is 17.8. The highest BCUT2D eigenvalue weighted by atomic mass is 127. The number of phenolic OH excluding ortho intramolecular Hbond substituents is 1. The van der Waals surface area contributed by atoms with Gasteiger partial charge in [0, 0.05) is 29.5 Å². The Morgan fingerprint density at radius 2 is 1.62 bits per heavy atom. The third-order valence-electron chi connectivity index (χ3n) is 6.71. The van der Waals surface area contributed by atoms with Gasteiger partial charge in [0.1, 0.15) is 5.75 Å². The monoisotopic (exact) mass is 612 g/mol. The number of hydrogen-bond acceptors (Lipinski definition) is 3. The van der Waals surface area contributed by atoms with Gasteiger partial charge in [-0.05, 0) is 121 Å². The summed E-state index contributed by atoms with van der Waals surface area (Å²) in [5, 5.41) is 13.9. The average Bonchev–Trinajstić information content (AvgIpc) is 2.89. The van der Waals surface area contributed by atoms with Gasteiger partial charge < -0.3 is 15.3 Å². The maximum absolute atomic E-state index is 13.6. The second-order valence-electron chi connectivity index (χ2n) is 10.3. The summed E-state index contributed by atoms with van der Waals surface area (Å²) >= 11 is 2.19. The van der Waals surface area contributed by atoms with Crippen molar-refractivity contribution in [1.82, 2.24) is 0 Å². The molecular weight excluding hydrogens is 571 g/mol. The molecule has 198 valence electrons. The molecule has 2 N–H and O–H groups in total. The lowest BCUT2D eigenvalue weighted by molar-refractivity contribution is -0.119. The number of halogens is 1. The fourth-order valence-electron chi connectivity index (χ4n) is 4.53. The van der Waals surface area contributed by atoms with E-state index in [1.165, 1.54) is 0 Å². The highest BCUT2D eigenvalue weighted by molar-refractivity contribution is 14.1. The minimum Gasteiger partial charge on any atom is -0.507 e. The summed E-state index contributed by atoms with van der Waals surface area (Å²) in [6.07, 6.45) is 6.13. The van der Waals surface area contributed by atoms with E-state index in [0.29, 0.717) is 24.5 Å². The number of aromatic hydroxyl groups is 1. The average molecular weight is 613 g/mol. The van der Waals surface area contributed by atoms with E-state index >= 15 is 0 Å². The van der Waals surface area contributed by atoms with Gasteiger partial charge in [-0.15, -0.1) is 0 Å². The molecule has 3 aromatic rings. The molecule has 0 aliphatic carbocycles. The summed E-state index contributed by atoms with van der Waals surface area (Å²) in [4.78, 5) is 15.6. The van der Waals surface area contributed by atoms with Crippen molar-refractivity contribution in [2.24, 2.45) is 5.92 Å². The number of anilines is 3. The molecule has 1 amide bonds. The molecule has 3 aromatic carbocycles. The minimum atomic E-state index is 0.114. The summed E-state index contributed by atoms with van der Waals surface area (Å²) < 4.78 is 0.859. The molecule has 0 aromatic heterocycles. The zero-order valence-corrected chi connectivity index (χ0v) is 24.8. The van der Waals surface area contributed by atoms with Crippen LogP contribution in [0.3, 0.4) is 0 Å². The third kappa shape index (κ3) is 8.77. The molecule has 5 heteroatoms. The Balaban J connectivity index is 1.76. The van der Waals surface area contributed by atoms with Gasteiger partial charge >= 0.3 is 0 Å². The number of carbonyl (C=O) groups is 1. The molecule has 0 bridgehead atoms. The van der Waals surface area contributed by atoms with Gasteiger partial charge in [0.25, 0.3) is 0 Å². The smallest absolute Gasteiger partial charge is 0.227 e. The number of hydrogen-bond donors (Lipinski definition) is 2. The maximum Gasteiger partial charge on any atom is 0.227 e. The normalized spacial score (nSPS) is 11.9. The number of unbranched alkanes of at least 4 members (excludes halogenated alkanes) is 1. The van der Waals surface area contributed by atoms with Gasteiger partial charge in [-0.3, -0.25) is 4.79 Å².